The Morgan fingerprint density at radius 3 is 2.47 bits per heavy atom. The minimum absolute atomic E-state index is 0.0274. The first kappa shape index (κ1) is 22.0. The number of sulfonamides is 1. The summed E-state index contributed by atoms with van der Waals surface area (Å²) in [5.74, 6) is -1.62. The number of fused-ring (bicyclic) bond motifs is 1. The second-order valence-corrected chi connectivity index (χ2v) is 10.6. The van der Waals surface area contributed by atoms with Gasteiger partial charge < -0.3 is 10.4 Å². The van der Waals surface area contributed by atoms with Gasteiger partial charge in [-0.15, -0.1) is 11.3 Å². The molecule has 32 heavy (non-hydrogen) atoms. The van der Waals surface area contributed by atoms with Crippen LogP contribution in [0.2, 0.25) is 0 Å². The standard InChI is InChI=1S/C23H22N2O5S2/c1-25(16-9-3-2-4-10-16)32(29,30)17-11-7-8-15(14-17)21(26)24-22-20(23(27)28)18-12-5-6-13-19(18)31-22/h2-4,7-11,14H,5-6,12-13H2,1H3,(H,24,26)(H,27,28). The van der Waals surface area contributed by atoms with Crippen LogP contribution >= 0.6 is 11.3 Å². The number of aromatic carboxylic acids is 1. The molecule has 0 spiro atoms. The van der Waals surface area contributed by atoms with Gasteiger partial charge in [0.25, 0.3) is 15.9 Å². The van der Waals surface area contributed by atoms with Crippen molar-refractivity contribution in [3.8, 4) is 0 Å². The molecule has 9 heteroatoms. The second-order valence-electron chi connectivity index (χ2n) is 7.51. The Balaban J connectivity index is 1.63. The highest BCUT2D eigenvalue weighted by molar-refractivity contribution is 7.92. The Bertz CT molecular complexity index is 1280. The lowest BCUT2D eigenvalue weighted by Gasteiger charge is -2.19. The number of rotatable bonds is 6. The van der Waals surface area contributed by atoms with E-state index in [0.717, 1.165) is 34.0 Å². The van der Waals surface area contributed by atoms with E-state index in [1.165, 1.54) is 42.6 Å². The Hall–Kier alpha value is -3.17. The fraction of sp³-hybridized carbons (Fsp3) is 0.217. The number of para-hydroxylation sites is 1. The van der Waals surface area contributed by atoms with Crippen molar-refractivity contribution >= 4 is 43.9 Å². The number of aryl methyl sites for hydroxylation is 1. The lowest BCUT2D eigenvalue weighted by Crippen LogP contribution is -2.26. The average Bonchev–Trinajstić information content (AvgIpc) is 3.17. The van der Waals surface area contributed by atoms with Crippen molar-refractivity contribution < 1.29 is 23.1 Å². The van der Waals surface area contributed by atoms with E-state index < -0.39 is 21.9 Å². The fourth-order valence-electron chi connectivity index (χ4n) is 3.79. The normalized spacial score (nSPS) is 13.3. The van der Waals surface area contributed by atoms with E-state index in [4.69, 9.17) is 0 Å². The number of carbonyl (C=O) groups is 2. The van der Waals surface area contributed by atoms with Crippen LogP contribution in [0.1, 0.15) is 44.0 Å². The first-order valence-corrected chi connectivity index (χ1v) is 12.4. The number of anilines is 2. The summed E-state index contributed by atoms with van der Waals surface area (Å²) in [5, 5.41) is 12.7. The summed E-state index contributed by atoms with van der Waals surface area (Å²) in [5.41, 5.74) is 1.57. The number of carboxylic acids is 1. The van der Waals surface area contributed by atoms with E-state index in [-0.39, 0.29) is 16.0 Å². The first-order chi connectivity index (χ1) is 15.3. The van der Waals surface area contributed by atoms with Crippen molar-refractivity contribution in [1.82, 2.24) is 0 Å². The van der Waals surface area contributed by atoms with Gasteiger partial charge in [-0.2, -0.15) is 0 Å². The summed E-state index contributed by atoms with van der Waals surface area (Å²) in [7, 11) is -2.43. The fourth-order valence-corrected chi connectivity index (χ4v) is 6.31. The minimum atomic E-state index is -3.88. The summed E-state index contributed by atoms with van der Waals surface area (Å²) in [4.78, 5) is 25.7. The lowest BCUT2D eigenvalue weighted by atomic mass is 9.95. The van der Waals surface area contributed by atoms with E-state index in [9.17, 15) is 23.1 Å². The number of hydrogen-bond donors (Lipinski definition) is 2. The van der Waals surface area contributed by atoms with Crippen molar-refractivity contribution in [1.29, 1.82) is 0 Å². The lowest BCUT2D eigenvalue weighted by molar-refractivity contribution is 0.0697. The minimum Gasteiger partial charge on any atom is -0.478 e. The number of benzene rings is 2. The molecular formula is C23H22N2O5S2. The van der Waals surface area contributed by atoms with Crippen LogP contribution in [0.15, 0.2) is 59.5 Å². The highest BCUT2D eigenvalue weighted by atomic mass is 32.2. The number of nitrogens with zero attached hydrogens (tertiary/aromatic N) is 1. The Morgan fingerprint density at radius 1 is 1.03 bits per heavy atom. The molecule has 0 atom stereocenters. The third-order valence-corrected chi connectivity index (χ3v) is 8.48. The molecule has 4 rings (SSSR count). The second kappa shape index (κ2) is 8.76. The van der Waals surface area contributed by atoms with Crippen molar-refractivity contribution in [2.24, 2.45) is 0 Å². The monoisotopic (exact) mass is 470 g/mol. The van der Waals surface area contributed by atoms with Gasteiger partial charge in [-0.25, -0.2) is 13.2 Å². The molecule has 0 aliphatic heterocycles. The summed E-state index contributed by atoms with van der Waals surface area (Å²) in [6.07, 6.45) is 3.40. The van der Waals surface area contributed by atoms with Crippen molar-refractivity contribution in [2.45, 2.75) is 30.6 Å². The SMILES string of the molecule is CN(c1ccccc1)S(=O)(=O)c1cccc(C(=O)Nc2sc3c(c2C(=O)O)CCCC3)c1. The summed E-state index contributed by atoms with van der Waals surface area (Å²) < 4.78 is 27.3. The first-order valence-electron chi connectivity index (χ1n) is 10.1. The van der Waals surface area contributed by atoms with Gasteiger partial charge in [-0.3, -0.25) is 9.10 Å². The number of carbonyl (C=O) groups excluding carboxylic acids is 1. The number of amides is 1. The number of thiophene rings is 1. The van der Waals surface area contributed by atoms with Crippen LogP contribution < -0.4 is 9.62 Å². The highest BCUT2D eigenvalue weighted by Crippen LogP contribution is 2.38. The van der Waals surface area contributed by atoms with Crippen molar-refractivity contribution in [2.75, 3.05) is 16.7 Å². The van der Waals surface area contributed by atoms with Gasteiger partial charge in [0.15, 0.2) is 0 Å². The molecule has 1 aromatic heterocycles. The molecule has 2 aromatic carbocycles. The third kappa shape index (κ3) is 4.13. The zero-order chi connectivity index (χ0) is 22.9. The average molecular weight is 471 g/mol. The van der Waals surface area contributed by atoms with Crippen LogP contribution in [0.4, 0.5) is 10.7 Å². The summed E-state index contributed by atoms with van der Waals surface area (Å²) in [6.45, 7) is 0. The maximum atomic E-state index is 13.1. The van der Waals surface area contributed by atoms with E-state index in [0.29, 0.717) is 17.1 Å². The van der Waals surface area contributed by atoms with Gasteiger partial charge >= 0.3 is 5.97 Å². The van der Waals surface area contributed by atoms with Crippen LogP contribution in [0.3, 0.4) is 0 Å². The summed E-state index contributed by atoms with van der Waals surface area (Å²) >= 11 is 1.29. The summed E-state index contributed by atoms with van der Waals surface area (Å²) in [6, 6.07) is 14.4. The van der Waals surface area contributed by atoms with Crippen LogP contribution in [-0.4, -0.2) is 32.4 Å². The van der Waals surface area contributed by atoms with Crippen molar-refractivity contribution in [3.63, 3.8) is 0 Å². The third-order valence-electron chi connectivity index (χ3n) is 5.49. The van der Waals surface area contributed by atoms with Gasteiger partial charge in [0.2, 0.25) is 0 Å². The molecule has 7 nitrogen and oxygen atoms in total. The number of carboxylic acid groups (broad SMARTS) is 1. The Kier molecular flexibility index (Phi) is 6.03. The molecule has 0 bridgehead atoms. The predicted molar refractivity (Wildman–Crippen MR) is 124 cm³/mol. The maximum absolute atomic E-state index is 13.1. The molecule has 0 saturated heterocycles. The molecule has 3 aromatic rings. The molecule has 0 radical (unpaired) electrons. The van der Waals surface area contributed by atoms with Crippen LogP contribution in [0.5, 0.6) is 0 Å². The largest absolute Gasteiger partial charge is 0.478 e. The maximum Gasteiger partial charge on any atom is 0.339 e. The topological polar surface area (TPSA) is 104 Å². The van der Waals surface area contributed by atoms with Crippen LogP contribution in [-0.2, 0) is 22.9 Å². The zero-order valence-corrected chi connectivity index (χ0v) is 19.0. The number of hydrogen-bond acceptors (Lipinski definition) is 5. The molecular weight excluding hydrogens is 448 g/mol. The predicted octanol–water partition coefficient (Wildman–Crippen LogP) is 4.40. The van der Waals surface area contributed by atoms with E-state index in [2.05, 4.69) is 5.32 Å². The number of nitrogens with one attached hydrogen (secondary N) is 1. The van der Waals surface area contributed by atoms with E-state index in [1.807, 2.05) is 0 Å². The highest BCUT2D eigenvalue weighted by Gasteiger charge is 2.27. The quantitative estimate of drug-likeness (QED) is 0.556. The van der Waals surface area contributed by atoms with Gasteiger partial charge in [0, 0.05) is 17.5 Å². The molecule has 0 fully saturated rings. The van der Waals surface area contributed by atoms with E-state index >= 15 is 0 Å². The van der Waals surface area contributed by atoms with Crippen molar-refractivity contribution in [3.05, 3.63) is 76.2 Å². The van der Waals surface area contributed by atoms with E-state index in [1.54, 1.807) is 30.3 Å². The molecule has 0 unspecified atom stereocenters. The Labute approximate surface area is 190 Å². The van der Waals surface area contributed by atoms with Crippen LogP contribution in [0.25, 0.3) is 0 Å². The molecule has 1 aliphatic rings. The van der Waals surface area contributed by atoms with Gasteiger partial charge in [0.1, 0.15) is 5.00 Å². The molecule has 2 N–H and O–H groups in total. The van der Waals surface area contributed by atoms with Crippen LogP contribution in [0, 0.1) is 0 Å². The molecule has 1 aliphatic carbocycles. The molecule has 1 amide bonds. The zero-order valence-electron chi connectivity index (χ0n) is 17.4. The van der Waals surface area contributed by atoms with Gasteiger partial charge in [0.05, 0.1) is 16.1 Å². The Morgan fingerprint density at radius 2 is 1.75 bits per heavy atom. The molecule has 0 saturated carbocycles. The van der Waals surface area contributed by atoms with Gasteiger partial charge in [-0.1, -0.05) is 24.3 Å². The van der Waals surface area contributed by atoms with Gasteiger partial charge in [-0.05, 0) is 61.6 Å². The molecule has 166 valence electrons. The smallest absolute Gasteiger partial charge is 0.339 e. The molecule has 1 heterocycles.